The van der Waals surface area contributed by atoms with E-state index in [1.165, 1.54) is 19.2 Å². The Balaban J connectivity index is 1.89. The number of aromatic amines is 1. The van der Waals surface area contributed by atoms with E-state index in [1.807, 2.05) is 4.90 Å². The molecule has 0 radical (unpaired) electrons. The van der Waals surface area contributed by atoms with E-state index in [2.05, 4.69) is 15.2 Å². The number of amides is 2. The molecule has 1 N–H and O–H groups in total. The summed E-state index contributed by atoms with van der Waals surface area (Å²) >= 11 is 0. The minimum Gasteiger partial charge on any atom is -0.325 e. The molecule has 2 rings (SSSR count). The third-order valence-corrected chi connectivity index (χ3v) is 3.05. The molecule has 17 heavy (non-hydrogen) atoms. The third kappa shape index (κ3) is 3.18. The molecule has 2 amide bonds. The molecule has 1 aromatic rings. The van der Waals surface area contributed by atoms with Gasteiger partial charge in [0.25, 0.3) is 0 Å². The smallest absolute Gasteiger partial charge is 0.320 e. The average Bonchev–Trinajstić information content (AvgIpc) is 2.68. The Kier molecular flexibility index (Phi) is 3.95. The Hall–Kier alpha value is -1.59. The summed E-state index contributed by atoms with van der Waals surface area (Å²) < 4.78 is 0. The van der Waals surface area contributed by atoms with Gasteiger partial charge in [-0.1, -0.05) is 12.8 Å². The molecular weight excluding hydrogens is 218 g/mol. The van der Waals surface area contributed by atoms with E-state index >= 15 is 0 Å². The minimum atomic E-state index is 0.0864. The Morgan fingerprint density at radius 1 is 1.41 bits per heavy atom. The van der Waals surface area contributed by atoms with Crippen LogP contribution in [0.5, 0.6) is 0 Å². The molecule has 0 spiro atoms. The van der Waals surface area contributed by atoms with Crippen LogP contribution in [0.25, 0.3) is 0 Å². The summed E-state index contributed by atoms with van der Waals surface area (Å²) in [5.74, 6) is 0.718. The van der Waals surface area contributed by atoms with E-state index in [-0.39, 0.29) is 6.03 Å². The Labute approximate surface area is 101 Å². The second kappa shape index (κ2) is 5.65. The highest BCUT2D eigenvalue weighted by Crippen LogP contribution is 2.11. The van der Waals surface area contributed by atoms with Gasteiger partial charge in [-0.15, -0.1) is 0 Å². The summed E-state index contributed by atoms with van der Waals surface area (Å²) in [7, 11) is 1.80. The zero-order valence-corrected chi connectivity index (χ0v) is 10.2. The summed E-state index contributed by atoms with van der Waals surface area (Å²) in [6.45, 7) is 2.23. The summed E-state index contributed by atoms with van der Waals surface area (Å²) in [4.78, 5) is 19.8. The third-order valence-electron chi connectivity index (χ3n) is 3.05. The molecule has 1 aliphatic rings. The van der Waals surface area contributed by atoms with Gasteiger partial charge >= 0.3 is 6.03 Å². The maximum absolute atomic E-state index is 12.2. The molecular formula is C11H19N5O. The lowest BCUT2D eigenvalue weighted by Crippen LogP contribution is -2.41. The van der Waals surface area contributed by atoms with Crippen molar-refractivity contribution in [2.75, 3.05) is 20.1 Å². The number of nitrogens with one attached hydrogen (secondary N) is 1. The average molecular weight is 237 g/mol. The summed E-state index contributed by atoms with van der Waals surface area (Å²) in [6, 6.07) is 0.0864. The van der Waals surface area contributed by atoms with E-state index in [0.29, 0.717) is 6.54 Å². The number of carbonyl (C=O) groups excluding carboxylic acids is 1. The van der Waals surface area contributed by atoms with Crippen molar-refractivity contribution in [3.63, 3.8) is 0 Å². The molecule has 0 aliphatic carbocycles. The van der Waals surface area contributed by atoms with Gasteiger partial charge in [-0.05, 0) is 12.8 Å². The molecule has 0 saturated carbocycles. The predicted octanol–water partition coefficient (Wildman–Crippen LogP) is 1.23. The van der Waals surface area contributed by atoms with E-state index in [4.69, 9.17) is 0 Å². The van der Waals surface area contributed by atoms with Crippen molar-refractivity contribution in [2.45, 2.75) is 32.2 Å². The Morgan fingerprint density at radius 3 is 2.71 bits per heavy atom. The van der Waals surface area contributed by atoms with Gasteiger partial charge in [-0.3, -0.25) is 5.10 Å². The zero-order valence-electron chi connectivity index (χ0n) is 10.2. The van der Waals surface area contributed by atoms with Gasteiger partial charge in [0.1, 0.15) is 12.2 Å². The van der Waals surface area contributed by atoms with Gasteiger partial charge in [-0.25, -0.2) is 9.78 Å². The van der Waals surface area contributed by atoms with Crippen LogP contribution in [0.2, 0.25) is 0 Å². The van der Waals surface area contributed by atoms with Crippen LogP contribution in [0.3, 0.4) is 0 Å². The van der Waals surface area contributed by atoms with E-state index in [9.17, 15) is 4.79 Å². The van der Waals surface area contributed by atoms with Crippen LogP contribution in [0.4, 0.5) is 4.79 Å². The van der Waals surface area contributed by atoms with Gasteiger partial charge in [0.2, 0.25) is 0 Å². The van der Waals surface area contributed by atoms with E-state index in [0.717, 1.165) is 31.8 Å². The van der Waals surface area contributed by atoms with Crippen molar-refractivity contribution in [2.24, 2.45) is 0 Å². The zero-order chi connectivity index (χ0) is 12.1. The number of aromatic nitrogens is 3. The standard InChI is InChI=1S/C11H19N5O/c1-15(8-10-12-9-13-14-10)11(17)16-6-4-2-3-5-7-16/h9H,2-8H2,1H3,(H,12,13,14). The van der Waals surface area contributed by atoms with Crippen LogP contribution >= 0.6 is 0 Å². The van der Waals surface area contributed by atoms with Gasteiger partial charge in [0.15, 0.2) is 0 Å². The van der Waals surface area contributed by atoms with Crippen LogP contribution in [0.15, 0.2) is 6.33 Å². The number of rotatable bonds is 2. The fourth-order valence-corrected chi connectivity index (χ4v) is 2.10. The highest BCUT2D eigenvalue weighted by atomic mass is 16.2. The van der Waals surface area contributed by atoms with Gasteiger partial charge in [-0.2, -0.15) is 5.10 Å². The first-order chi connectivity index (χ1) is 8.27. The Bertz CT molecular complexity index is 343. The molecule has 6 heteroatoms. The molecule has 0 atom stereocenters. The highest BCUT2D eigenvalue weighted by molar-refractivity contribution is 5.74. The topological polar surface area (TPSA) is 65.1 Å². The second-order valence-corrected chi connectivity index (χ2v) is 4.47. The lowest BCUT2D eigenvalue weighted by Gasteiger charge is -2.26. The SMILES string of the molecule is CN(Cc1ncn[nH]1)C(=O)N1CCCCCC1. The molecule has 1 fully saturated rings. The molecule has 94 valence electrons. The highest BCUT2D eigenvalue weighted by Gasteiger charge is 2.19. The number of hydrogen-bond acceptors (Lipinski definition) is 3. The molecule has 0 bridgehead atoms. The van der Waals surface area contributed by atoms with Crippen molar-refractivity contribution >= 4 is 6.03 Å². The molecule has 0 aromatic carbocycles. The fourth-order valence-electron chi connectivity index (χ4n) is 2.10. The fraction of sp³-hybridized carbons (Fsp3) is 0.727. The first kappa shape index (κ1) is 11.9. The molecule has 1 aliphatic heterocycles. The summed E-state index contributed by atoms with van der Waals surface area (Å²) in [5.41, 5.74) is 0. The van der Waals surface area contributed by atoms with Crippen LogP contribution < -0.4 is 0 Å². The van der Waals surface area contributed by atoms with Crippen molar-refractivity contribution in [3.8, 4) is 0 Å². The number of carbonyl (C=O) groups is 1. The van der Waals surface area contributed by atoms with E-state index < -0.39 is 0 Å². The van der Waals surface area contributed by atoms with Crippen molar-refractivity contribution in [1.29, 1.82) is 0 Å². The molecule has 6 nitrogen and oxygen atoms in total. The maximum Gasteiger partial charge on any atom is 0.320 e. The number of likely N-dealkylation sites (tertiary alicyclic amines) is 1. The van der Waals surface area contributed by atoms with Crippen molar-refractivity contribution in [1.82, 2.24) is 25.0 Å². The summed E-state index contributed by atoms with van der Waals surface area (Å²) in [6.07, 6.45) is 6.15. The van der Waals surface area contributed by atoms with E-state index in [1.54, 1.807) is 11.9 Å². The molecule has 1 aromatic heterocycles. The molecule has 0 unspecified atom stereocenters. The molecule has 2 heterocycles. The second-order valence-electron chi connectivity index (χ2n) is 4.47. The van der Waals surface area contributed by atoms with Gasteiger partial charge < -0.3 is 9.80 Å². The van der Waals surface area contributed by atoms with Crippen LogP contribution in [-0.4, -0.2) is 51.1 Å². The van der Waals surface area contributed by atoms with Crippen LogP contribution in [0, 0.1) is 0 Å². The number of H-pyrrole nitrogens is 1. The number of urea groups is 1. The molecule has 1 saturated heterocycles. The van der Waals surface area contributed by atoms with Crippen LogP contribution in [-0.2, 0) is 6.54 Å². The monoisotopic (exact) mass is 237 g/mol. The first-order valence-corrected chi connectivity index (χ1v) is 6.11. The first-order valence-electron chi connectivity index (χ1n) is 6.11. The Morgan fingerprint density at radius 2 is 2.12 bits per heavy atom. The summed E-state index contributed by atoms with van der Waals surface area (Å²) in [5, 5.41) is 6.54. The van der Waals surface area contributed by atoms with Gasteiger partial charge in [0.05, 0.1) is 6.54 Å². The number of hydrogen-bond donors (Lipinski definition) is 1. The van der Waals surface area contributed by atoms with Gasteiger partial charge in [0, 0.05) is 20.1 Å². The lowest BCUT2D eigenvalue weighted by atomic mass is 10.2. The predicted molar refractivity (Wildman–Crippen MR) is 63.3 cm³/mol. The van der Waals surface area contributed by atoms with Crippen molar-refractivity contribution < 1.29 is 4.79 Å². The minimum absolute atomic E-state index is 0.0864. The quantitative estimate of drug-likeness (QED) is 0.841. The van der Waals surface area contributed by atoms with Crippen molar-refractivity contribution in [3.05, 3.63) is 12.2 Å². The van der Waals surface area contributed by atoms with Crippen LogP contribution in [0.1, 0.15) is 31.5 Å². The number of nitrogens with zero attached hydrogens (tertiary/aromatic N) is 4. The maximum atomic E-state index is 12.2. The largest absolute Gasteiger partial charge is 0.325 e. The normalized spacial score (nSPS) is 16.6. The lowest BCUT2D eigenvalue weighted by molar-refractivity contribution is 0.161.